The van der Waals surface area contributed by atoms with Crippen LogP contribution in [0.4, 0.5) is 14.9 Å². The number of carbonyl (C=O) groups is 1. The molecule has 12 nitrogen and oxygen atoms in total. The molecule has 0 fully saturated rings. The van der Waals surface area contributed by atoms with Gasteiger partial charge in [-0.1, -0.05) is 28.9 Å². The molecule has 3 N–H and O–H groups in total. The summed E-state index contributed by atoms with van der Waals surface area (Å²) in [4.78, 5) is 38.2. The number of H-pyrrole nitrogens is 1. The van der Waals surface area contributed by atoms with Gasteiger partial charge in [0.15, 0.2) is 17.4 Å². The van der Waals surface area contributed by atoms with Crippen LogP contribution in [0.2, 0.25) is 0 Å². The summed E-state index contributed by atoms with van der Waals surface area (Å²) in [6.07, 6.45) is 3.05. The van der Waals surface area contributed by atoms with Crippen molar-refractivity contribution in [2.45, 2.75) is 52.3 Å². The maximum absolute atomic E-state index is 16.3. The van der Waals surface area contributed by atoms with Gasteiger partial charge < -0.3 is 25.0 Å². The number of hydrogen-bond donors (Lipinski definition) is 3. The molecule has 14 heteroatoms. The van der Waals surface area contributed by atoms with Gasteiger partial charge in [0, 0.05) is 41.2 Å². The molecule has 45 heavy (non-hydrogen) atoms. The van der Waals surface area contributed by atoms with Gasteiger partial charge in [0.05, 0.1) is 0 Å². The summed E-state index contributed by atoms with van der Waals surface area (Å²) < 4.78 is 29.3. The van der Waals surface area contributed by atoms with Crippen molar-refractivity contribution >= 4 is 27.7 Å². The zero-order valence-electron chi connectivity index (χ0n) is 26.1. The van der Waals surface area contributed by atoms with Crippen LogP contribution in [0.15, 0.2) is 58.1 Å². The first-order chi connectivity index (χ1) is 21.3. The van der Waals surface area contributed by atoms with E-state index in [9.17, 15) is 9.59 Å². The van der Waals surface area contributed by atoms with Gasteiger partial charge in [-0.3, -0.25) is 4.98 Å². The van der Waals surface area contributed by atoms with Crippen LogP contribution >= 0.6 is 15.9 Å². The normalized spacial score (nSPS) is 12.2. The summed E-state index contributed by atoms with van der Waals surface area (Å²) >= 11 is 3.53. The first-order valence-corrected chi connectivity index (χ1v) is 15.2. The number of carbonyl (C=O) groups excluding carboxylic acids is 1. The fourth-order valence-electron chi connectivity index (χ4n) is 4.28. The third kappa shape index (κ3) is 9.11. The lowest BCUT2D eigenvalue weighted by molar-refractivity contribution is 0.0523. The Morgan fingerprint density at radius 2 is 1.91 bits per heavy atom. The molecule has 0 radical (unpaired) electrons. The summed E-state index contributed by atoms with van der Waals surface area (Å²) in [5.74, 6) is -0.281. The zero-order chi connectivity index (χ0) is 32.7. The number of nitrogens with one attached hydrogen (secondary N) is 3. The van der Waals surface area contributed by atoms with Crippen molar-refractivity contribution in [3.63, 3.8) is 0 Å². The molecule has 1 atom stereocenters. The maximum atomic E-state index is 16.3. The Morgan fingerprint density at radius 3 is 2.58 bits per heavy atom. The number of aryl methyl sites for hydroxylation is 1. The molecule has 0 aliphatic rings. The molecule has 0 bridgehead atoms. The summed E-state index contributed by atoms with van der Waals surface area (Å²) in [6, 6.07) is 9.48. The molecule has 1 amide bonds. The third-order valence-corrected chi connectivity index (χ3v) is 7.25. The van der Waals surface area contributed by atoms with Crippen LogP contribution in [-0.4, -0.2) is 68.6 Å². The number of alkyl carbamates (subject to hydrolysis) is 1. The van der Waals surface area contributed by atoms with E-state index in [1.807, 2.05) is 25.9 Å². The minimum absolute atomic E-state index is 0.0679. The summed E-state index contributed by atoms with van der Waals surface area (Å²) in [7, 11) is 3.82. The lowest BCUT2D eigenvalue weighted by Gasteiger charge is -2.22. The molecule has 0 spiro atoms. The lowest BCUT2D eigenvalue weighted by Crippen LogP contribution is -2.32. The summed E-state index contributed by atoms with van der Waals surface area (Å²) in [6.45, 7) is 8.37. The van der Waals surface area contributed by atoms with Crippen LogP contribution < -0.4 is 21.1 Å². The number of aromatic nitrogens is 5. The second kappa shape index (κ2) is 14.7. The third-order valence-electron chi connectivity index (χ3n) is 6.47. The average Bonchev–Trinajstić information content (AvgIpc) is 3.37. The van der Waals surface area contributed by atoms with Gasteiger partial charge in [-0.05, 0) is 82.7 Å². The first kappa shape index (κ1) is 33.6. The average molecular weight is 686 g/mol. The Kier molecular flexibility index (Phi) is 10.9. The van der Waals surface area contributed by atoms with Gasteiger partial charge in [-0.25, -0.2) is 23.9 Å². The van der Waals surface area contributed by atoms with Gasteiger partial charge in [0.25, 0.3) is 5.95 Å². The van der Waals surface area contributed by atoms with E-state index in [1.165, 1.54) is 12.4 Å². The second-order valence-electron chi connectivity index (χ2n) is 11.5. The predicted octanol–water partition coefficient (Wildman–Crippen LogP) is 4.98. The van der Waals surface area contributed by atoms with Crippen molar-refractivity contribution in [1.29, 1.82) is 0 Å². The van der Waals surface area contributed by atoms with Crippen molar-refractivity contribution in [3.05, 3.63) is 92.1 Å². The first-order valence-electron chi connectivity index (χ1n) is 14.4. The van der Waals surface area contributed by atoms with Crippen LogP contribution in [0.25, 0.3) is 5.95 Å². The van der Waals surface area contributed by atoms with E-state index < -0.39 is 29.2 Å². The van der Waals surface area contributed by atoms with E-state index in [2.05, 4.69) is 46.6 Å². The fourth-order valence-corrected chi connectivity index (χ4v) is 4.67. The standard InChI is InChI=1S/C31H38BrFN8O4/c1-7-19-15-22(25(33)24(16-19)44-14-13-40(5)6)26(27-38-29(42)41(39-27)28-34-11-8-12-35-28)37-21-9-10-23(32)20(17-21)18-36-30(43)45-31(2,3)4/h8-12,15-17,26,37H,7,13-14,18H2,1-6H3,(H,36,43)(H,38,39,42). The lowest BCUT2D eigenvalue weighted by atomic mass is 10.00. The molecule has 2 aromatic carbocycles. The Hall–Kier alpha value is -4.30. The van der Waals surface area contributed by atoms with E-state index in [0.717, 1.165) is 20.3 Å². The smallest absolute Gasteiger partial charge is 0.407 e. The van der Waals surface area contributed by atoms with Crippen molar-refractivity contribution < 1.29 is 18.7 Å². The highest BCUT2D eigenvalue weighted by Gasteiger charge is 2.27. The fraction of sp³-hybridized carbons (Fsp3) is 0.387. The van der Waals surface area contributed by atoms with Crippen LogP contribution in [0, 0.1) is 5.82 Å². The van der Waals surface area contributed by atoms with Crippen molar-refractivity contribution in [2.75, 3.05) is 32.6 Å². The molecule has 0 aliphatic carbocycles. The SMILES string of the molecule is CCc1cc(OCCN(C)C)c(F)c(C(Nc2ccc(Br)c(CNC(=O)OC(C)(C)C)c2)c2nn(-c3ncccn3)c(=O)[nH]2)c1. The topological polar surface area (TPSA) is 139 Å². The number of hydrogen-bond acceptors (Lipinski definition) is 9. The number of rotatable bonds is 12. The zero-order valence-corrected chi connectivity index (χ0v) is 27.7. The van der Waals surface area contributed by atoms with Crippen LogP contribution in [0.5, 0.6) is 5.75 Å². The van der Waals surface area contributed by atoms with Crippen molar-refractivity contribution in [2.24, 2.45) is 0 Å². The van der Waals surface area contributed by atoms with Crippen molar-refractivity contribution in [3.8, 4) is 11.7 Å². The van der Waals surface area contributed by atoms with Crippen LogP contribution in [0.3, 0.4) is 0 Å². The number of aromatic amines is 1. The molecular formula is C31H38BrFN8O4. The Bertz CT molecular complexity index is 1670. The number of anilines is 1. The minimum Gasteiger partial charge on any atom is -0.489 e. The van der Waals surface area contributed by atoms with Gasteiger partial charge >= 0.3 is 11.8 Å². The highest BCUT2D eigenvalue weighted by atomic mass is 79.9. The Morgan fingerprint density at radius 1 is 1.18 bits per heavy atom. The van der Waals surface area contributed by atoms with Gasteiger partial charge in [0.2, 0.25) is 0 Å². The number of amides is 1. The van der Waals surface area contributed by atoms with E-state index in [0.29, 0.717) is 18.7 Å². The van der Waals surface area contributed by atoms with Gasteiger partial charge in [0.1, 0.15) is 18.2 Å². The van der Waals surface area contributed by atoms with E-state index in [-0.39, 0.29) is 36.2 Å². The predicted molar refractivity (Wildman–Crippen MR) is 172 cm³/mol. The molecular weight excluding hydrogens is 647 g/mol. The Balaban J connectivity index is 1.75. The second-order valence-corrected chi connectivity index (χ2v) is 12.4. The molecule has 0 aliphatic heterocycles. The molecule has 2 heterocycles. The number of likely N-dealkylation sites (N-methyl/N-ethyl adjacent to an activating group) is 1. The molecule has 0 saturated carbocycles. The maximum Gasteiger partial charge on any atom is 0.407 e. The molecule has 4 rings (SSSR count). The number of halogens is 2. The molecule has 4 aromatic rings. The van der Waals surface area contributed by atoms with Crippen LogP contribution in [-0.2, 0) is 17.7 Å². The van der Waals surface area contributed by atoms with Gasteiger partial charge in [-0.2, -0.15) is 0 Å². The molecule has 0 saturated heterocycles. The molecule has 240 valence electrons. The summed E-state index contributed by atoms with van der Waals surface area (Å²) in [5, 5.41) is 10.6. The number of benzene rings is 2. The molecule has 1 unspecified atom stereocenters. The highest BCUT2D eigenvalue weighted by molar-refractivity contribution is 9.10. The number of nitrogens with zero attached hydrogens (tertiary/aromatic N) is 5. The van der Waals surface area contributed by atoms with E-state index in [4.69, 9.17) is 9.47 Å². The minimum atomic E-state index is -0.960. The van der Waals surface area contributed by atoms with Crippen molar-refractivity contribution in [1.82, 2.24) is 34.9 Å². The summed E-state index contributed by atoms with van der Waals surface area (Å²) in [5.41, 5.74) is 1.14. The number of ether oxygens (including phenoxy) is 2. The highest BCUT2D eigenvalue weighted by Crippen LogP contribution is 2.33. The monoisotopic (exact) mass is 684 g/mol. The van der Waals surface area contributed by atoms with E-state index >= 15 is 4.39 Å². The largest absolute Gasteiger partial charge is 0.489 e. The van der Waals surface area contributed by atoms with Crippen LogP contribution in [0.1, 0.15) is 56.3 Å². The molecule has 2 aromatic heterocycles. The van der Waals surface area contributed by atoms with E-state index in [1.54, 1.807) is 57.2 Å². The Labute approximate surface area is 269 Å². The quantitative estimate of drug-likeness (QED) is 0.189. The van der Waals surface area contributed by atoms with Gasteiger partial charge in [-0.15, -0.1) is 9.78 Å².